The van der Waals surface area contributed by atoms with Crippen LogP contribution in [0.25, 0.3) is 22.2 Å². The van der Waals surface area contributed by atoms with E-state index in [1.54, 1.807) is 4.68 Å². The molecule has 3 aromatic carbocycles. The number of aromatic amines is 1. The highest BCUT2D eigenvalue weighted by atomic mass is 16.2. The Morgan fingerprint density at radius 3 is 2.60 bits per heavy atom. The number of nitrogens with one attached hydrogen (secondary N) is 2. The highest BCUT2D eigenvalue weighted by Gasteiger charge is 2.31. The summed E-state index contributed by atoms with van der Waals surface area (Å²) in [6.45, 7) is 4.43. The summed E-state index contributed by atoms with van der Waals surface area (Å²) in [6.07, 6.45) is 3.75. The number of benzene rings is 3. The van der Waals surface area contributed by atoms with Crippen LogP contribution in [0.2, 0.25) is 0 Å². The van der Waals surface area contributed by atoms with Crippen LogP contribution in [-0.4, -0.2) is 30.6 Å². The Labute approximate surface area is 243 Å². The van der Waals surface area contributed by atoms with Gasteiger partial charge in [-0.25, -0.2) is 9.97 Å². The number of para-hydroxylation sites is 1. The molecule has 6 aromatic rings. The van der Waals surface area contributed by atoms with Gasteiger partial charge in [-0.15, -0.1) is 0 Å². The van der Waals surface area contributed by atoms with E-state index in [0.717, 1.165) is 55.8 Å². The van der Waals surface area contributed by atoms with E-state index in [-0.39, 0.29) is 5.91 Å². The molecule has 4 heterocycles. The third-order valence-corrected chi connectivity index (χ3v) is 7.65. The number of carbonyl (C=O) groups excluding carboxylic acids is 1. The number of fused-ring (bicyclic) bond motifs is 2. The highest BCUT2D eigenvalue weighted by Crippen LogP contribution is 2.38. The van der Waals surface area contributed by atoms with Crippen molar-refractivity contribution in [3.63, 3.8) is 0 Å². The maximum absolute atomic E-state index is 13.7. The van der Waals surface area contributed by atoms with Gasteiger partial charge < -0.3 is 15.2 Å². The minimum atomic E-state index is -0.0348. The number of hydrogen-bond acceptors (Lipinski definition) is 5. The predicted molar refractivity (Wildman–Crippen MR) is 165 cm³/mol. The van der Waals surface area contributed by atoms with Crippen LogP contribution < -0.4 is 10.2 Å². The summed E-state index contributed by atoms with van der Waals surface area (Å²) in [6, 6.07) is 23.6. The number of aryl methyl sites for hydroxylation is 3. The highest BCUT2D eigenvalue weighted by molar-refractivity contribution is 6.15. The molecule has 0 spiro atoms. The van der Waals surface area contributed by atoms with E-state index < -0.39 is 0 Å². The second kappa shape index (κ2) is 10.1. The Morgan fingerprint density at radius 1 is 0.952 bits per heavy atom. The average Bonchev–Trinajstić information content (AvgIpc) is 3.68. The minimum absolute atomic E-state index is 0.0348. The molecule has 0 bridgehead atoms. The largest absolute Gasteiger partial charge is 0.359 e. The molecule has 1 amide bonds. The molecule has 0 aliphatic carbocycles. The van der Waals surface area contributed by atoms with E-state index >= 15 is 0 Å². The number of hydrogen-bond donors (Lipinski definition) is 2. The molecule has 0 fully saturated rings. The Morgan fingerprint density at radius 2 is 1.79 bits per heavy atom. The number of rotatable bonds is 4. The van der Waals surface area contributed by atoms with Crippen LogP contribution in [0.1, 0.15) is 38.3 Å². The molecule has 204 valence electrons. The molecular weight excluding hydrogens is 522 g/mol. The van der Waals surface area contributed by atoms with Crippen molar-refractivity contribution in [1.29, 1.82) is 0 Å². The fourth-order valence-electron chi connectivity index (χ4n) is 5.38. The van der Waals surface area contributed by atoms with Crippen molar-refractivity contribution in [3.05, 3.63) is 119 Å². The lowest BCUT2D eigenvalue weighted by Crippen LogP contribution is -2.23. The zero-order valence-electron chi connectivity index (χ0n) is 23.4. The lowest BCUT2D eigenvalue weighted by Gasteiger charge is -2.17. The van der Waals surface area contributed by atoms with Crippen molar-refractivity contribution < 1.29 is 4.79 Å². The van der Waals surface area contributed by atoms with Crippen LogP contribution in [0, 0.1) is 25.7 Å². The molecule has 0 unspecified atom stereocenters. The fraction of sp³-hybridized carbons (Fsp3) is 0.118. The number of amides is 1. The van der Waals surface area contributed by atoms with E-state index in [1.807, 2.05) is 111 Å². The van der Waals surface area contributed by atoms with Gasteiger partial charge in [0.15, 0.2) is 5.82 Å². The monoisotopic (exact) mass is 549 g/mol. The second-order valence-corrected chi connectivity index (χ2v) is 10.4. The lowest BCUT2D eigenvalue weighted by molar-refractivity contribution is 0.0997. The molecule has 0 saturated carbocycles. The van der Waals surface area contributed by atoms with Crippen LogP contribution >= 0.6 is 0 Å². The van der Waals surface area contributed by atoms with Gasteiger partial charge in [-0.1, -0.05) is 48.2 Å². The van der Waals surface area contributed by atoms with E-state index in [2.05, 4.69) is 32.2 Å². The molecular formula is C34H27N7O. The number of nitrogens with zero attached hydrogens (tertiary/aromatic N) is 5. The molecule has 7 rings (SSSR count). The van der Waals surface area contributed by atoms with Crippen molar-refractivity contribution in [1.82, 2.24) is 24.7 Å². The first-order chi connectivity index (χ1) is 20.5. The fourth-order valence-corrected chi connectivity index (χ4v) is 5.38. The standard InChI is InChI=1S/C34H27N7O/c1-21-18-36-34(37-30-17-22(2)40(3)39-30)38-31(21)27-19-35-32-25(27)12-8-14-29(32)41-20-28-24(11-7-13-26(28)33(41)42)16-15-23-9-5-4-6-10-23/h4-14,17-19,35H,20H2,1-3H3,(H,36,37,38,39). The van der Waals surface area contributed by atoms with Crippen molar-refractivity contribution >= 4 is 34.3 Å². The maximum Gasteiger partial charge on any atom is 0.259 e. The molecule has 42 heavy (non-hydrogen) atoms. The topological polar surface area (TPSA) is 91.7 Å². The molecule has 8 nitrogen and oxygen atoms in total. The first-order valence-corrected chi connectivity index (χ1v) is 13.7. The smallest absolute Gasteiger partial charge is 0.259 e. The third kappa shape index (κ3) is 4.38. The van der Waals surface area contributed by atoms with Gasteiger partial charge in [0.1, 0.15) is 0 Å². The summed E-state index contributed by atoms with van der Waals surface area (Å²) in [5.74, 6) is 7.64. The summed E-state index contributed by atoms with van der Waals surface area (Å²) < 4.78 is 1.80. The van der Waals surface area contributed by atoms with E-state index in [1.165, 1.54) is 0 Å². The molecule has 0 saturated heterocycles. The van der Waals surface area contributed by atoms with Crippen molar-refractivity contribution in [3.8, 4) is 23.1 Å². The SMILES string of the molecule is Cc1cnc(Nc2cc(C)n(C)n2)nc1-c1c[nH]c2c(N3Cc4c(C#Cc5ccccc5)cccc4C3=O)cccc12. The number of aromatic nitrogens is 5. The predicted octanol–water partition coefficient (Wildman–Crippen LogP) is 6.28. The third-order valence-electron chi connectivity index (χ3n) is 7.65. The average molecular weight is 550 g/mol. The molecule has 3 aromatic heterocycles. The van der Waals surface area contributed by atoms with Crippen LogP contribution in [0.15, 0.2) is 85.2 Å². The first kappa shape index (κ1) is 25.3. The molecule has 8 heteroatoms. The van der Waals surface area contributed by atoms with Crippen molar-refractivity contribution in [2.75, 3.05) is 10.2 Å². The normalized spacial score (nSPS) is 12.4. The quantitative estimate of drug-likeness (QED) is 0.253. The molecule has 1 aliphatic heterocycles. The Bertz CT molecular complexity index is 2040. The van der Waals surface area contributed by atoms with Gasteiger partial charge in [-0.3, -0.25) is 9.48 Å². The van der Waals surface area contributed by atoms with Gasteiger partial charge in [0.05, 0.1) is 23.4 Å². The Balaban J connectivity index is 1.23. The van der Waals surface area contributed by atoms with E-state index in [4.69, 9.17) is 4.98 Å². The second-order valence-electron chi connectivity index (χ2n) is 10.4. The number of H-pyrrole nitrogens is 1. The zero-order valence-corrected chi connectivity index (χ0v) is 23.4. The van der Waals surface area contributed by atoms with Crippen LogP contribution in [0.4, 0.5) is 17.5 Å². The Kier molecular flexibility index (Phi) is 6.06. The zero-order chi connectivity index (χ0) is 28.8. The summed E-state index contributed by atoms with van der Waals surface area (Å²) in [7, 11) is 1.90. The molecule has 0 atom stereocenters. The molecule has 1 aliphatic rings. The van der Waals surface area contributed by atoms with Crippen LogP contribution in [0.5, 0.6) is 0 Å². The summed E-state index contributed by atoms with van der Waals surface area (Å²) >= 11 is 0. The van der Waals surface area contributed by atoms with Gasteiger partial charge in [-0.2, -0.15) is 5.10 Å². The van der Waals surface area contributed by atoms with Gasteiger partial charge in [0, 0.05) is 64.4 Å². The first-order valence-electron chi connectivity index (χ1n) is 13.7. The van der Waals surface area contributed by atoms with Gasteiger partial charge in [0.2, 0.25) is 5.95 Å². The maximum atomic E-state index is 13.7. The summed E-state index contributed by atoms with van der Waals surface area (Å²) in [5.41, 5.74) is 8.84. The van der Waals surface area contributed by atoms with Crippen molar-refractivity contribution in [2.24, 2.45) is 7.05 Å². The van der Waals surface area contributed by atoms with E-state index in [9.17, 15) is 4.79 Å². The van der Waals surface area contributed by atoms with Gasteiger partial charge in [-0.05, 0) is 49.7 Å². The number of carbonyl (C=O) groups is 1. The molecule has 2 N–H and O–H groups in total. The van der Waals surface area contributed by atoms with Gasteiger partial charge >= 0.3 is 0 Å². The molecule has 0 radical (unpaired) electrons. The van der Waals surface area contributed by atoms with Gasteiger partial charge in [0.25, 0.3) is 5.91 Å². The van der Waals surface area contributed by atoms with Crippen LogP contribution in [0.3, 0.4) is 0 Å². The summed E-state index contributed by atoms with van der Waals surface area (Å²) in [5, 5.41) is 8.64. The van der Waals surface area contributed by atoms with Crippen LogP contribution in [-0.2, 0) is 13.6 Å². The van der Waals surface area contributed by atoms with E-state index in [0.29, 0.717) is 23.9 Å². The minimum Gasteiger partial charge on any atom is -0.359 e. The Hall–Kier alpha value is -5.68. The van der Waals surface area contributed by atoms with Crippen molar-refractivity contribution in [2.45, 2.75) is 20.4 Å². The summed E-state index contributed by atoms with van der Waals surface area (Å²) in [4.78, 5) is 28.2. The lowest BCUT2D eigenvalue weighted by atomic mass is 10.0. The number of anilines is 3.